The first-order chi connectivity index (χ1) is 11.7. The molecule has 6 nitrogen and oxygen atoms in total. The molecule has 0 aliphatic rings. The van der Waals surface area contributed by atoms with Gasteiger partial charge in [0, 0.05) is 0 Å². The minimum atomic E-state index is -0.450. The fourth-order valence-electron chi connectivity index (χ4n) is 2.56. The maximum Gasteiger partial charge on any atom is 0.315 e. The standard InChI is InChI=1S/C18H20N4O2/c1-12(17-20-14-9-5-6-10-15(14)21-17)19-18(24)22-16(11-23)13-7-3-2-4-8-13/h2-10,12,16,23H,11H2,1H3,(H,20,21)(H2,19,22,24). The van der Waals surface area contributed by atoms with Gasteiger partial charge in [-0.3, -0.25) is 0 Å². The molecule has 0 bridgehead atoms. The van der Waals surface area contributed by atoms with Crippen LogP contribution in [-0.4, -0.2) is 27.7 Å². The maximum absolute atomic E-state index is 12.2. The van der Waals surface area contributed by atoms with E-state index in [0.29, 0.717) is 5.82 Å². The van der Waals surface area contributed by atoms with Crippen molar-refractivity contribution in [1.29, 1.82) is 0 Å². The molecule has 2 amide bonds. The van der Waals surface area contributed by atoms with Gasteiger partial charge in [0.1, 0.15) is 5.82 Å². The predicted molar refractivity (Wildman–Crippen MR) is 92.4 cm³/mol. The number of imidazole rings is 1. The van der Waals surface area contributed by atoms with E-state index in [1.54, 1.807) is 0 Å². The third-order valence-electron chi connectivity index (χ3n) is 3.86. The van der Waals surface area contributed by atoms with Crippen molar-refractivity contribution in [2.45, 2.75) is 19.0 Å². The second-order valence-electron chi connectivity index (χ2n) is 5.62. The summed E-state index contributed by atoms with van der Waals surface area (Å²) >= 11 is 0. The van der Waals surface area contributed by atoms with E-state index >= 15 is 0 Å². The summed E-state index contributed by atoms with van der Waals surface area (Å²) < 4.78 is 0. The quantitative estimate of drug-likeness (QED) is 0.581. The zero-order valence-corrected chi connectivity index (χ0v) is 13.4. The van der Waals surface area contributed by atoms with Gasteiger partial charge in [0.2, 0.25) is 0 Å². The number of aliphatic hydroxyl groups excluding tert-OH is 1. The summed E-state index contributed by atoms with van der Waals surface area (Å²) in [4.78, 5) is 19.9. The molecular weight excluding hydrogens is 304 g/mol. The molecule has 1 aromatic heterocycles. The van der Waals surface area contributed by atoms with Gasteiger partial charge >= 0.3 is 6.03 Å². The molecule has 2 atom stereocenters. The zero-order chi connectivity index (χ0) is 16.9. The van der Waals surface area contributed by atoms with Crippen LogP contribution in [0.25, 0.3) is 11.0 Å². The Balaban J connectivity index is 1.65. The molecule has 3 aromatic rings. The van der Waals surface area contributed by atoms with Crippen LogP contribution in [0.1, 0.15) is 30.4 Å². The molecule has 0 saturated heterocycles. The second kappa shape index (κ2) is 7.14. The van der Waals surface area contributed by atoms with Crippen LogP contribution in [0, 0.1) is 0 Å². The van der Waals surface area contributed by atoms with E-state index in [4.69, 9.17) is 0 Å². The van der Waals surface area contributed by atoms with Crippen LogP contribution in [0.2, 0.25) is 0 Å². The van der Waals surface area contributed by atoms with Crippen LogP contribution in [0.5, 0.6) is 0 Å². The van der Waals surface area contributed by atoms with Gasteiger partial charge in [-0.25, -0.2) is 9.78 Å². The average Bonchev–Trinajstić information content (AvgIpc) is 3.04. The zero-order valence-electron chi connectivity index (χ0n) is 13.4. The van der Waals surface area contributed by atoms with Crippen molar-refractivity contribution in [3.63, 3.8) is 0 Å². The molecule has 0 radical (unpaired) electrons. The molecule has 3 rings (SSSR count). The Morgan fingerprint density at radius 2 is 1.83 bits per heavy atom. The Morgan fingerprint density at radius 1 is 1.12 bits per heavy atom. The lowest BCUT2D eigenvalue weighted by atomic mass is 10.1. The summed E-state index contributed by atoms with van der Waals surface area (Å²) in [6, 6.07) is 16.0. The monoisotopic (exact) mass is 324 g/mol. The van der Waals surface area contributed by atoms with E-state index in [-0.39, 0.29) is 18.7 Å². The third-order valence-corrected chi connectivity index (χ3v) is 3.86. The summed E-state index contributed by atoms with van der Waals surface area (Å²) in [5.74, 6) is 0.687. The number of nitrogens with one attached hydrogen (secondary N) is 3. The number of carbonyl (C=O) groups is 1. The van der Waals surface area contributed by atoms with Crippen LogP contribution in [0.3, 0.4) is 0 Å². The number of nitrogens with zero attached hydrogens (tertiary/aromatic N) is 1. The van der Waals surface area contributed by atoms with E-state index in [1.807, 2.05) is 61.5 Å². The molecule has 2 unspecified atom stereocenters. The Labute approximate surface area is 139 Å². The highest BCUT2D eigenvalue weighted by Gasteiger charge is 2.17. The van der Waals surface area contributed by atoms with Crippen molar-refractivity contribution in [2.75, 3.05) is 6.61 Å². The van der Waals surface area contributed by atoms with Gasteiger partial charge in [-0.15, -0.1) is 0 Å². The summed E-state index contributed by atoms with van der Waals surface area (Å²) in [6.45, 7) is 1.68. The van der Waals surface area contributed by atoms with Gasteiger partial charge in [-0.2, -0.15) is 0 Å². The first-order valence-electron chi connectivity index (χ1n) is 7.85. The Morgan fingerprint density at radius 3 is 2.54 bits per heavy atom. The van der Waals surface area contributed by atoms with Gasteiger partial charge in [0.15, 0.2) is 0 Å². The van der Waals surface area contributed by atoms with Gasteiger partial charge in [-0.1, -0.05) is 42.5 Å². The number of urea groups is 1. The number of benzene rings is 2. The van der Waals surface area contributed by atoms with Crippen molar-refractivity contribution in [3.8, 4) is 0 Å². The van der Waals surface area contributed by atoms with Gasteiger partial charge < -0.3 is 20.7 Å². The van der Waals surface area contributed by atoms with Crippen LogP contribution >= 0.6 is 0 Å². The largest absolute Gasteiger partial charge is 0.394 e. The average molecular weight is 324 g/mol. The lowest BCUT2D eigenvalue weighted by Crippen LogP contribution is -2.40. The molecule has 6 heteroatoms. The van der Waals surface area contributed by atoms with Gasteiger partial charge in [0.25, 0.3) is 0 Å². The molecule has 0 saturated carbocycles. The van der Waals surface area contributed by atoms with E-state index < -0.39 is 6.04 Å². The fourth-order valence-corrected chi connectivity index (χ4v) is 2.56. The molecule has 2 aromatic carbocycles. The number of para-hydroxylation sites is 2. The molecule has 0 aliphatic heterocycles. The minimum Gasteiger partial charge on any atom is -0.394 e. The number of amides is 2. The van der Waals surface area contributed by atoms with Crippen molar-refractivity contribution in [1.82, 2.24) is 20.6 Å². The fraction of sp³-hybridized carbons (Fsp3) is 0.222. The topological polar surface area (TPSA) is 90.0 Å². The number of carbonyl (C=O) groups excluding carboxylic acids is 1. The Hall–Kier alpha value is -2.86. The molecule has 0 fully saturated rings. The smallest absolute Gasteiger partial charge is 0.315 e. The number of hydrogen-bond acceptors (Lipinski definition) is 3. The van der Waals surface area contributed by atoms with E-state index in [0.717, 1.165) is 16.6 Å². The van der Waals surface area contributed by atoms with E-state index in [9.17, 15) is 9.90 Å². The summed E-state index contributed by atoms with van der Waals surface area (Å²) in [7, 11) is 0. The predicted octanol–water partition coefficient (Wildman–Crippen LogP) is 2.66. The maximum atomic E-state index is 12.2. The number of fused-ring (bicyclic) bond motifs is 1. The SMILES string of the molecule is CC(NC(=O)NC(CO)c1ccccc1)c1nc2ccccc2[nH]1. The summed E-state index contributed by atoms with van der Waals surface area (Å²) in [5.41, 5.74) is 2.64. The van der Waals surface area contributed by atoms with Crippen LogP contribution in [0.15, 0.2) is 54.6 Å². The van der Waals surface area contributed by atoms with Crippen molar-refractivity contribution < 1.29 is 9.90 Å². The van der Waals surface area contributed by atoms with Crippen LogP contribution < -0.4 is 10.6 Å². The van der Waals surface area contributed by atoms with Crippen molar-refractivity contribution in [3.05, 3.63) is 66.0 Å². The van der Waals surface area contributed by atoms with Gasteiger partial charge in [-0.05, 0) is 24.6 Å². The molecular formula is C18H20N4O2. The number of aromatic amines is 1. The lowest BCUT2D eigenvalue weighted by molar-refractivity contribution is 0.214. The highest BCUT2D eigenvalue weighted by molar-refractivity contribution is 5.76. The molecule has 0 aliphatic carbocycles. The molecule has 24 heavy (non-hydrogen) atoms. The van der Waals surface area contributed by atoms with E-state index in [2.05, 4.69) is 20.6 Å². The first kappa shape index (κ1) is 16.0. The highest BCUT2D eigenvalue weighted by Crippen LogP contribution is 2.16. The molecule has 1 heterocycles. The lowest BCUT2D eigenvalue weighted by Gasteiger charge is -2.19. The number of hydrogen-bond donors (Lipinski definition) is 4. The highest BCUT2D eigenvalue weighted by atomic mass is 16.3. The summed E-state index contributed by atoms with van der Waals surface area (Å²) in [6.07, 6.45) is 0. The molecule has 0 spiro atoms. The number of aromatic nitrogens is 2. The minimum absolute atomic E-state index is 0.170. The van der Waals surface area contributed by atoms with Crippen LogP contribution in [-0.2, 0) is 0 Å². The van der Waals surface area contributed by atoms with Crippen molar-refractivity contribution in [2.24, 2.45) is 0 Å². The Kier molecular flexibility index (Phi) is 4.77. The Bertz CT molecular complexity index is 783. The first-order valence-corrected chi connectivity index (χ1v) is 7.85. The van der Waals surface area contributed by atoms with Crippen LogP contribution in [0.4, 0.5) is 4.79 Å². The normalized spacial score (nSPS) is 13.4. The number of aliphatic hydroxyl groups is 1. The molecule has 124 valence electrons. The third kappa shape index (κ3) is 3.55. The van der Waals surface area contributed by atoms with E-state index in [1.165, 1.54) is 0 Å². The van der Waals surface area contributed by atoms with Crippen molar-refractivity contribution >= 4 is 17.1 Å². The molecule has 4 N–H and O–H groups in total. The van der Waals surface area contributed by atoms with Gasteiger partial charge in [0.05, 0.1) is 29.7 Å². The number of rotatable bonds is 5. The number of H-pyrrole nitrogens is 1. The second-order valence-corrected chi connectivity index (χ2v) is 5.62. The summed E-state index contributed by atoms with van der Waals surface area (Å²) in [5, 5.41) is 15.1.